The van der Waals surface area contributed by atoms with Crippen LogP contribution >= 0.6 is 0 Å². The summed E-state index contributed by atoms with van der Waals surface area (Å²) in [6.45, 7) is 1.72. The van der Waals surface area contributed by atoms with Crippen LogP contribution in [-0.4, -0.2) is 36.2 Å². The first kappa shape index (κ1) is 21.3. The molecule has 1 fully saturated rings. The summed E-state index contributed by atoms with van der Waals surface area (Å²) in [5, 5.41) is 18.8. The van der Waals surface area contributed by atoms with Gasteiger partial charge in [-0.05, 0) is 79.6 Å². The molecule has 1 aliphatic rings. The van der Waals surface area contributed by atoms with Crippen molar-refractivity contribution in [2.24, 2.45) is 0 Å². The fourth-order valence-electron chi connectivity index (χ4n) is 5.11. The van der Waals surface area contributed by atoms with Crippen molar-refractivity contribution in [2.75, 3.05) is 25.5 Å². The molecule has 1 saturated carbocycles. The molecule has 3 N–H and O–H groups in total. The maximum Gasteiger partial charge on any atom is 0.142 e. The van der Waals surface area contributed by atoms with Crippen molar-refractivity contribution in [3.63, 3.8) is 0 Å². The van der Waals surface area contributed by atoms with Gasteiger partial charge in [0.2, 0.25) is 0 Å². The normalized spacial score (nSPS) is 18.3. The Kier molecular flexibility index (Phi) is 6.14. The van der Waals surface area contributed by atoms with Crippen LogP contribution in [0.3, 0.4) is 0 Å². The number of benzene rings is 2. The molecule has 0 saturated heterocycles. The average Bonchev–Trinajstić information content (AvgIpc) is 3.30. The molecule has 1 aliphatic carbocycles. The lowest BCUT2D eigenvalue weighted by Crippen LogP contribution is -2.35. The number of methoxy groups -OCH3 is 1. The molecule has 4 aromatic rings. The Morgan fingerprint density at radius 2 is 1.97 bits per heavy atom. The predicted molar refractivity (Wildman–Crippen MR) is 133 cm³/mol. The highest BCUT2D eigenvalue weighted by Gasteiger charge is 2.24. The van der Waals surface area contributed by atoms with Crippen LogP contribution in [0, 0.1) is 11.3 Å². The summed E-state index contributed by atoms with van der Waals surface area (Å²) in [6.07, 6.45) is 8.61. The van der Waals surface area contributed by atoms with E-state index in [4.69, 9.17) is 4.74 Å². The van der Waals surface area contributed by atoms with Crippen LogP contribution in [0.2, 0.25) is 0 Å². The molecule has 6 heteroatoms. The lowest BCUT2D eigenvalue weighted by Gasteiger charge is -2.29. The van der Waals surface area contributed by atoms with Gasteiger partial charge in [0.1, 0.15) is 5.75 Å². The van der Waals surface area contributed by atoms with Crippen molar-refractivity contribution in [1.82, 2.24) is 15.3 Å². The van der Waals surface area contributed by atoms with Gasteiger partial charge in [-0.25, -0.2) is 0 Å². The second kappa shape index (κ2) is 9.51. The van der Waals surface area contributed by atoms with Crippen molar-refractivity contribution in [1.29, 1.82) is 5.26 Å². The number of H-pyrrole nitrogens is 1. The highest BCUT2D eigenvalue weighted by molar-refractivity contribution is 5.94. The molecule has 5 rings (SSSR count). The van der Waals surface area contributed by atoms with E-state index in [1.165, 1.54) is 10.9 Å². The number of aromatic nitrogens is 2. The topological polar surface area (TPSA) is 85.8 Å². The summed E-state index contributed by atoms with van der Waals surface area (Å²) in [6, 6.07) is 16.7. The van der Waals surface area contributed by atoms with Gasteiger partial charge < -0.3 is 20.4 Å². The van der Waals surface area contributed by atoms with E-state index in [1.54, 1.807) is 7.11 Å². The lowest BCUT2D eigenvalue weighted by molar-refractivity contribution is 0.347. The second-order valence-electron chi connectivity index (χ2n) is 8.76. The molecule has 0 atom stereocenters. The molecular weight excluding hydrogens is 410 g/mol. The zero-order valence-electron chi connectivity index (χ0n) is 18.9. The van der Waals surface area contributed by atoms with Gasteiger partial charge in [0.25, 0.3) is 0 Å². The Balaban J connectivity index is 1.15. The molecule has 0 unspecified atom stereocenters. The van der Waals surface area contributed by atoms with E-state index in [2.05, 4.69) is 38.9 Å². The number of hydrogen-bond donors (Lipinski definition) is 3. The average molecular weight is 440 g/mol. The van der Waals surface area contributed by atoms with Crippen LogP contribution in [0.4, 0.5) is 5.69 Å². The van der Waals surface area contributed by atoms with Crippen LogP contribution in [0.15, 0.2) is 54.9 Å². The second-order valence-corrected chi connectivity index (χ2v) is 8.76. The third kappa shape index (κ3) is 4.37. The Bertz CT molecular complexity index is 1300. The van der Waals surface area contributed by atoms with Crippen molar-refractivity contribution in [2.45, 2.75) is 37.6 Å². The molecule has 2 heterocycles. The fraction of sp³-hybridized carbons (Fsp3) is 0.333. The summed E-state index contributed by atoms with van der Waals surface area (Å²) in [5.41, 5.74) is 5.18. The first-order valence-electron chi connectivity index (χ1n) is 11.7. The van der Waals surface area contributed by atoms with E-state index < -0.39 is 0 Å². The Hall–Kier alpha value is -3.56. The molecule has 0 spiro atoms. The molecule has 33 heavy (non-hydrogen) atoms. The molecule has 0 bridgehead atoms. The number of nitriles is 1. The van der Waals surface area contributed by atoms with Gasteiger partial charge in [-0.3, -0.25) is 4.98 Å². The predicted octanol–water partition coefficient (Wildman–Crippen LogP) is 5.32. The molecule has 6 nitrogen and oxygen atoms in total. The molecule has 168 valence electrons. The van der Waals surface area contributed by atoms with Gasteiger partial charge in [-0.2, -0.15) is 5.26 Å². The van der Waals surface area contributed by atoms with Gasteiger partial charge in [0, 0.05) is 47.8 Å². The van der Waals surface area contributed by atoms with Crippen LogP contribution in [-0.2, 0) is 0 Å². The van der Waals surface area contributed by atoms with Gasteiger partial charge in [-0.15, -0.1) is 0 Å². The Morgan fingerprint density at radius 3 is 2.79 bits per heavy atom. The van der Waals surface area contributed by atoms with E-state index in [1.807, 2.05) is 42.6 Å². The quantitative estimate of drug-likeness (QED) is 0.339. The number of pyridine rings is 1. The van der Waals surface area contributed by atoms with Crippen molar-refractivity contribution < 1.29 is 4.74 Å². The monoisotopic (exact) mass is 439 g/mol. The number of aromatic amines is 1. The van der Waals surface area contributed by atoms with E-state index in [0.29, 0.717) is 12.0 Å². The highest BCUT2D eigenvalue weighted by Crippen LogP contribution is 2.37. The third-order valence-electron chi connectivity index (χ3n) is 6.84. The van der Waals surface area contributed by atoms with E-state index in [9.17, 15) is 5.26 Å². The summed E-state index contributed by atoms with van der Waals surface area (Å²) in [5.74, 6) is 1.39. The Labute approximate surface area is 194 Å². The lowest BCUT2D eigenvalue weighted by atomic mass is 9.81. The molecule has 2 aromatic carbocycles. The molecule has 0 radical (unpaired) electrons. The smallest absolute Gasteiger partial charge is 0.142 e. The molecule has 0 aliphatic heterocycles. The minimum Gasteiger partial charge on any atom is -0.495 e. The maximum atomic E-state index is 9.24. The Morgan fingerprint density at radius 1 is 1.09 bits per heavy atom. The van der Waals surface area contributed by atoms with E-state index in [0.717, 1.165) is 72.2 Å². The van der Waals surface area contributed by atoms with Crippen LogP contribution in [0.25, 0.3) is 21.8 Å². The number of anilines is 1. The largest absolute Gasteiger partial charge is 0.495 e. The van der Waals surface area contributed by atoms with E-state index >= 15 is 0 Å². The summed E-state index contributed by atoms with van der Waals surface area (Å²) >= 11 is 0. The van der Waals surface area contributed by atoms with Crippen molar-refractivity contribution in [3.8, 4) is 11.8 Å². The van der Waals surface area contributed by atoms with Crippen LogP contribution in [0.5, 0.6) is 5.75 Å². The summed E-state index contributed by atoms with van der Waals surface area (Å²) in [4.78, 5) is 7.83. The van der Waals surface area contributed by atoms with Crippen LogP contribution in [0.1, 0.15) is 42.7 Å². The zero-order valence-corrected chi connectivity index (χ0v) is 18.9. The van der Waals surface area contributed by atoms with Gasteiger partial charge in [0.15, 0.2) is 0 Å². The van der Waals surface area contributed by atoms with Gasteiger partial charge in [0.05, 0.1) is 29.9 Å². The standard InChI is InChI=1S/C27H29N5O/c1-33-26-11-10-24-21(3-2-12-30-24)27(26)31-14-13-29-20-7-5-19(6-8-20)23-17-32-25-9-4-18(16-28)15-22(23)25/h2-4,9-12,15,17,19-20,29,31-32H,5-8,13-14H2,1H3. The molecule has 0 amide bonds. The number of ether oxygens (including phenoxy) is 1. The van der Waals surface area contributed by atoms with Crippen LogP contribution < -0.4 is 15.4 Å². The maximum absolute atomic E-state index is 9.24. The van der Waals surface area contributed by atoms with Crippen molar-refractivity contribution in [3.05, 3.63) is 66.0 Å². The summed E-state index contributed by atoms with van der Waals surface area (Å²) < 4.78 is 5.56. The number of rotatable bonds is 7. The third-order valence-corrected chi connectivity index (χ3v) is 6.84. The zero-order chi connectivity index (χ0) is 22.6. The number of nitrogens with one attached hydrogen (secondary N) is 3. The van der Waals surface area contributed by atoms with E-state index in [-0.39, 0.29) is 0 Å². The number of hydrogen-bond acceptors (Lipinski definition) is 5. The first-order valence-corrected chi connectivity index (χ1v) is 11.7. The van der Waals surface area contributed by atoms with Crippen molar-refractivity contribution >= 4 is 27.5 Å². The molecule has 2 aromatic heterocycles. The first-order chi connectivity index (χ1) is 16.3. The summed E-state index contributed by atoms with van der Waals surface area (Å²) in [7, 11) is 1.70. The SMILES string of the molecule is COc1ccc2ncccc2c1NCCNC1CCC(c2c[nH]c3ccc(C#N)cc23)CC1. The fourth-order valence-corrected chi connectivity index (χ4v) is 5.11. The highest BCUT2D eigenvalue weighted by atomic mass is 16.5. The van der Waals surface area contributed by atoms with Gasteiger partial charge in [-0.1, -0.05) is 0 Å². The molecular formula is C27H29N5O. The number of fused-ring (bicyclic) bond motifs is 2. The number of nitrogens with zero attached hydrogens (tertiary/aromatic N) is 2. The van der Waals surface area contributed by atoms with Gasteiger partial charge >= 0.3 is 0 Å². The minimum absolute atomic E-state index is 0.541. The minimum atomic E-state index is 0.541.